The summed E-state index contributed by atoms with van der Waals surface area (Å²) < 4.78 is 16.6. The quantitative estimate of drug-likeness (QED) is 0.366. The summed E-state index contributed by atoms with van der Waals surface area (Å²) in [5, 5.41) is 9.63. The lowest BCUT2D eigenvalue weighted by Crippen LogP contribution is -2.02. The van der Waals surface area contributed by atoms with E-state index in [0.717, 1.165) is 18.4 Å². The lowest BCUT2D eigenvalue weighted by molar-refractivity contribution is -0.130. The van der Waals surface area contributed by atoms with E-state index in [4.69, 9.17) is 14.2 Å². The van der Waals surface area contributed by atoms with E-state index < -0.39 is 5.97 Å². The fourth-order valence-electron chi connectivity index (χ4n) is 2.53. The molecule has 0 aliphatic heterocycles. The number of methoxy groups -OCH3 is 1. The Labute approximate surface area is 160 Å². The molecule has 0 unspecified atom stereocenters. The van der Waals surface area contributed by atoms with E-state index in [9.17, 15) is 9.90 Å². The minimum atomic E-state index is -0.999. The van der Waals surface area contributed by atoms with Gasteiger partial charge in [-0.2, -0.15) is 0 Å². The van der Waals surface area contributed by atoms with E-state index in [2.05, 4.69) is 6.92 Å². The van der Waals surface area contributed by atoms with Gasteiger partial charge in [0.1, 0.15) is 5.75 Å². The maximum absolute atomic E-state index is 11.8. The van der Waals surface area contributed by atoms with Crippen LogP contribution in [0, 0.1) is 0 Å². The second-order valence-electron chi connectivity index (χ2n) is 5.93. The van der Waals surface area contributed by atoms with Crippen LogP contribution in [0.25, 0.3) is 11.6 Å². The minimum absolute atomic E-state index is 0.194. The van der Waals surface area contributed by atoms with Crippen LogP contribution in [0.5, 0.6) is 17.2 Å². The second-order valence-corrected chi connectivity index (χ2v) is 5.93. The number of unbranched alkanes of at least 4 members (excludes halogenated alkanes) is 1. The zero-order valence-electron chi connectivity index (χ0n) is 16.0. The Morgan fingerprint density at radius 2 is 1.78 bits per heavy atom. The normalized spacial score (nSPS) is 11.1. The summed E-state index contributed by atoms with van der Waals surface area (Å²) in [4.78, 5) is 11.8. The smallest absolute Gasteiger partial charge is 0.336 e. The molecule has 0 aromatic heterocycles. The van der Waals surface area contributed by atoms with Crippen molar-refractivity contribution in [1.82, 2.24) is 0 Å². The van der Waals surface area contributed by atoms with Gasteiger partial charge in [-0.3, -0.25) is 0 Å². The van der Waals surface area contributed by atoms with Gasteiger partial charge < -0.3 is 19.3 Å². The highest BCUT2D eigenvalue weighted by Crippen LogP contribution is 2.31. The first-order valence-electron chi connectivity index (χ1n) is 9.08. The van der Waals surface area contributed by atoms with E-state index in [1.807, 2.05) is 19.1 Å². The van der Waals surface area contributed by atoms with Crippen molar-refractivity contribution in [2.45, 2.75) is 26.7 Å². The first kappa shape index (κ1) is 20.4. The van der Waals surface area contributed by atoms with Gasteiger partial charge in [-0.15, -0.1) is 0 Å². The Hall–Kier alpha value is -2.95. The number of carboxylic acids is 1. The maximum Gasteiger partial charge on any atom is 0.336 e. The molecule has 2 aromatic carbocycles. The van der Waals surface area contributed by atoms with Crippen LogP contribution in [0.4, 0.5) is 0 Å². The lowest BCUT2D eigenvalue weighted by atomic mass is 10.0. The summed E-state index contributed by atoms with van der Waals surface area (Å²) in [6.45, 7) is 5.13. The van der Waals surface area contributed by atoms with E-state index in [1.165, 1.54) is 0 Å². The summed E-state index contributed by atoms with van der Waals surface area (Å²) in [5.74, 6) is 0.961. The van der Waals surface area contributed by atoms with Crippen LogP contribution in [-0.2, 0) is 4.79 Å². The van der Waals surface area contributed by atoms with Crippen molar-refractivity contribution >= 4 is 17.6 Å². The number of carbonyl (C=O) groups is 1. The molecule has 0 bridgehead atoms. The molecule has 0 amide bonds. The predicted octanol–water partition coefficient (Wildman–Crippen LogP) is 4.90. The molecular formula is C22H26O5. The molecule has 0 spiro atoms. The molecule has 2 rings (SSSR count). The molecule has 27 heavy (non-hydrogen) atoms. The molecule has 5 heteroatoms. The van der Waals surface area contributed by atoms with Crippen molar-refractivity contribution in [3.63, 3.8) is 0 Å². The average molecular weight is 370 g/mol. The Kier molecular flexibility index (Phi) is 7.74. The van der Waals surface area contributed by atoms with E-state index in [-0.39, 0.29) is 5.57 Å². The molecule has 0 heterocycles. The standard InChI is InChI=1S/C22H26O5/c1-4-6-13-27-20-12-7-16(15-21(20)26-5-2)14-19(22(23)24)17-8-10-18(25-3)11-9-17/h7-12,14-15H,4-6,13H2,1-3H3,(H,23,24)/b19-14+. The van der Waals surface area contributed by atoms with Gasteiger partial charge in [0, 0.05) is 0 Å². The lowest BCUT2D eigenvalue weighted by Gasteiger charge is -2.13. The van der Waals surface area contributed by atoms with Crippen LogP contribution >= 0.6 is 0 Å². The Morgan fingerprint density at radius 3 is 2.37 bits per heavy atom. The Morgan fingerprint density at radius 1 is 1.04 bits per heavy atom. The number of hydrogen-bond donors (Lipinski definition) is 1. The maximum atomic E-state index is 11.8. The number of benzene rings is 2. The van der Waals surface area contributed by atoms with Gasteiger partial charge in [-0.05, 0) is 54.8 Å². The zero-order valence-corrected chi connectivity index (χ0v) is 16.0. The SMILES string of the molecule is CCCCOc1ccc(/C=C(/C(=O)O)c2ccc(OC)cc2)cc1OCC. The fourth-order valence-corrected chi connectivity index (χ4v) is 2.53. The fraction of sp³-hybridized carbons (Fsp3) is 0.318. The van der Waals surface area contributed by atoms with Gasteiger partial charge in [-0.25, -0.2) is 4.79 Å². The highest BCUT2D eigenvalue weighted by atomic mass is 16.5. The highest BCUT2D eigenvalue weighted by molar-refractivity contribution is 6.20. The van der Waals surface area contributed by atoms with Crippen LogP contribution in [0.1, 0.15) is 37.8 Å². The van der Waals surface area contributed by atoms with Crippen LogP contribution in [0.15, 0.2) is 42.5 Å². The molecule has 0 radical (unpaired) electrons. The number of carboxylic acid groups (broad SMARTS) is 1. The summed E-state index contributed by atoms with van der Waals surface area (Å²) in [5.41, 5.74) is 1.53. The Balaban J connectivity index is 2.34. The van der Waals surface area contributed by atoms with Gasteiger partial charge in [0.05, 0.1) is 25.9 Å². The van der Waals surface area contributed by atoms with Gasteiger partial charge >= 0.3 is 5.97 Å². The van der Waals surface area contributed by atoms with E-state index in [1.54, 1.807) is 43.5 Å². The molecule has 2 aromatic rings. The molecule has 0 saturated carbocycles. The minimum Gasteiger partial charge on any atom is -0.497 e. The molecule has 0 aliphatic carbocycles. The second kappa shape index (κ2) is 10.3. The highest BCUT2D eigenvalue weighted by Gasteiger charge is 2.12. The van der Waals surface area contributed by atoms with Crippen molar-refractivity contribution in [2.75, 3.05) is 20.3 Å². The molecule has 0 atom stereocenters. The van der Waals surface area contributed by atoms with Gasteiger partial charge in [0.15, 0.2) is 11.5 Å². The monoisotopic (exact) mass is 370 g/mol. The summed E-state index contributed by atoms with van der Waals surface area (Å²) in [6.07, 6.45) is 3.64. The third-order valence-electron chi connectivity index (χ3n) is 3.97. The van der Waals surface area contributed by atoms with Crippen LogP contribution in [0.2, 0.25) is 0 Å². The number of rotatable bonds is 10. The van der Waals surface area contributed by atoms with E-state index >= 15 is 0 Å². The average Bonchev–Trinajstić information content (AvgIpc) is 2.68. The van der Waals surface area contributed by atoms with Gasteiger partial charge in [-0.1, -0.05) is 31.5 Å². The molecule has 0 aliphatic rings. The van der Waals surface area contributed by atoms with Crippen molar-refractivity contribution in [2.24, 2.45) is 0 Å². The number of hydrogen-bond acceptors (Lipinski definition) is 4. The molecular weight excluding hydrogens is 344 g/mol. The van der Waals surface area contributed by atoms with E-state index in [0.29, 0.717) is 36.0 Å². The summed E-state index contributed by atoms with van der Waals surface area (Å²) in [6, 6.07) is 12.4. The molecule has 5 nitrogen and oxygen atoms in total. The topological polar surface area (TPSA) is 65.0 Å². The predicted molar refractivity (Wildman–Crippen MR) is 107 cm³/mol. The van der Waals surface area contributed by atoms with Crippen LogP contribution in [0.3, 0.4) is 0 Å². The summed E-state index contributed by atoms with van der Waals surface area (Å²) in [7, 11) is 1.57. The Bertz CT molecular complexity index is 778. The third kappa shape index (κ3) is 5.78. The van der Waals surface area contributed by atoms with Crippen LogP contribution in [-0.4, -0.2) is 31.4 Å². The van der Waals surface area contributed by atoms with Gasteiger partial charge in [0.25, 0.3) is 0 Å². The molecule has 144 valence electrons. The molecule has 1 N–H and O–H groups in total. The van der Waals surface area contributed by atoms with Crippen molar-refractivity contribution < 1.29 is 24.1 Å². The zero-order chi connectivity index (χ0) is 19.6. The van der Waals surface area contributed by atoms with Crippen molar-refractivity contribution in [3.05, 3.63) is 53.6 Å². The van der Waals surface area contributed by atoms with Crippen LogP contribution < -0.4 is 14.2 Å². The van der Waals surface area contributed by atoms with Gasteiger partial charge in [0.2, 0.25) is 0 Å². The first-order chi connectivity index (χ1) is 13.1. The van der Waals surface area contributed by atoms with Crippen molar-refractivity contribution in [1.29, 1.82) is 0 Å². The number of ether oxygens (including phenoxy) is 3. The number of aliphatic carboxylic acids is 1. The third-order valence-corrected chi connectivity index (χ3v) is 3.97. The first-order valence-corrected chi connectivity index (χ1v) is 9.08. The molecule has 0 saturated heterocycles. The molecule has 0 fully saturated rings. The van der Waals surface area contributed by atoms with Crippen molar-refractivity contribution in [3.8, 4) is 17.2 Å². The summed E-state index contributed by atoms with van der Waals surface area (Å²) >= 11 is 0. The largest absolute Gasteiger partial charge is 0.497 e.